The lowest BCUT2D eigenvalue weighted by molar-refractivity contribution is 0.279. The number of aryl methyl sites for hydroxylation is 2. The average molecular weight is 229 g/mol. The van der Waals surface area contributed by atoms with Gasteiger partial charge in [-0.25, -0.2) is 9.97 Å². The largest absolute Gasteiger partial charge is 0.392 e. The molecule has 0 fully saturated rings. The number of pyridine rings is 1. The van der Waals surface area contributed by atoms with Crippen molar-refractivity contribution in [3.8, 4) is 11.5 Å². The molecule has 2 rings (SSSR count). The summed E-state index contributed by atoms with van der Waals surface area (Å²) in [6, 6.07) is 3.89. The Morgan fingerprint density at radius 3 is 2.76 bits per heavy atom. The van der Waals surface area contributed by atoms with E-state index in [1.165, 1.54) is 0 Å². The van der Waals surface area contributed by atoms with Gasteiger partial charge < -0.3 is 5.11 Å². The van der Waals surface area contributed by atoms with E-state index < -0.39 is 0 Å². The van der Waals surface area contributed by atoms with Crippen LogP contribution >= 0.6 is 0 Å². The Bertz CT molecular complexity index is 526. The minimum Gasteiger partial charge on any atom is -0.392 e. The van der Waals surface area contributed by atoms with Crippen LogP contribution in [0.3, 0.4) is 0 Å². The van der Waals surface area contributed by atoms with Gasteiger partial charge in [-0.05, 0) is 31.0 Å². The standard InChI is InChI=1S/C13H15N3O/c1-3-11-10(8-17)7-15-13(16-11)12-6-9(2)4-5-14-12/h4-7,17H,3,8H2,1-2H3. The highest BCUT2D eigenvalue weighted by molar-refractivity contribution is 5.50. The van der Waals surface area contributed by atoms with Crippen LogP contribution in [-0.4, -0.2) is 20.1 Å². The first-order valence-corrected chi connectivity index (χ1v) is 5.63. The molecule has 2 heterocycles. The van der Waals surface area contributed by atoms with E-state index in [0.717, 1.165) is 28.9 Å². The summed E-state index contributed by atoms with van der Waals surface area (Å²) in [6.07, 6.45) is 4.20. The van der Waals surface area contributed by atoms with Crippen LogP contribution in [0.25, 0.3) is 11.5 Å². The van der Waals surface area contributed by atoms with E-state index in [1.54, 1.807) is 12.4 Å². The van der Waals surface area contributed by atoms with Crippen LogP contribution in [0.1, 0.15) is 23.7 Å². The second-order valence-corrected chi connectivity index (χ2v) is 3.90. The maximum atomic E-state index is 9.16. The molecule has 0 saturated carbocycles. The van der Waals surface area contributed by atoms with Crippen LogP contribution in [0.15, 0.2) is 24.5 Å². The molecule has 0 aliphatic carbocycles. The van der Waals surface area contributed by atoms with E-state index in [0.29, 0.717) is 5.82 Å². The number of aliphatic hydroxyl groups is 1. The number of hydrogen-bond donors (Lipinski definition) is 1. The van der Waals surface area contributed by atoms with E-state index in [9.17, 15) is 0 Å². The summed E-state index contributed by atoms with van der Waals surface area (Å²) in [6.45, 7) is 3.99. The van der Waals surface area contributed by atoms with Gasteiger partial charge in [0.25, 0.3) is 0 Å². The Balaban J connectivity index is 2.46. The zero-order chi connectivity index (χ0) is 12.3. The summed E-state index contributed by atoms with van der Waals surface area (Å²) in [7, 11) is 0. The first-order valence-electron chi connectivity index (χ1n) is 5.63. The van der Waals surface area contributed by atoms with Gasteiger partial charge in [-0.3, -0.25) is 4.98 Å². The summed E-state index contributed by atoms with van der Waals surface area (Å²) in [5.41, 5.74) is 3.55. The summed E-state index contributed by atoms with van der Waals surface area (Å²) in [5.74, 6) is 0.614. The Morgan fingerprint density at radius 1 is 1.29 bits per heavy atom. The zero-order valence-electron chi connectivity index (χ0n) is 10.0. The van der Waals surface area contributed by atoms with Crippen LogP contribution in [0.2, 0.25) is 0 Å². The fourth-order valence-corrected chi connectivity index (χ4v) is 1.66. The van der Waals surface area contributed by atoms with Gasteiger partial charge in [0.15, 0.2) is 5.82 Å². The Morgan fingerprint density at radius 2 is 2.12 bits per heavy atom. The molecule has 0 amide bonds. The van der Waals surface area contributed by atoms with Gasteiger partial charge in [-0.15, -0.1) is 0 Å². The molecule has 0 spiro atoms. The van der Waals surface area contributed by atoms with Crippen molar-refractivity contribution < 1.29 is 5.11 Å². The minimum absolute atomic E-state index is 0.0231. The molecule has 0 aromatic carbocycles. The predicted molar refractivity (Wildman–Crippen MR) is 65.3 cm³/mol. The van der Waals surface area contributed by atoms with Crippen LogP contribution in [0, 0.1) is 6.92 Å². The van der Waals surface area contributed by atoms with Crippen LogP contribution in [0.5, 0.6) is 0 Å². The second-order valence-electron chi connectivity index (χ2n) is 3.90. The van der Waals surface area contributed by atoms with Crippen molar-refractivity contribution in [1.29, 1.82) is 0 Å². The lowest BCUT2D eigenvalue weighted by atomic mass is 10.2. The molecule has 0 radical (unpaired) electrons. The Labute approximate surface area is 100 Å². The van der Waals surface area contributed by atoms with Gasteiger partial charge in [0.2, 0.25) is 0 Å². The van der Waals surface area contributed by atoms with Gasteiger partial charge in [-0.1, -0.05) is 6.92 Å². The Kier molecular flexibility index (Phi) is 3.44. The highest BCUT2D eigenvalue weighted by Crippen LogP contribution is 2.15. The fourth-order valence-electron chi connectivity index (χ4n) is 1.66. The van der Waals surface area contributed by atoms with Gasteiger partial charge in [0, 0.05) is 23.7 Å². The predicted octanol–water partition coefficient (Wildman–Crippen LogP) is 1.90. The molecule has 0 atom stereocenters. The molecule has 0 aliphatic rings. The van der Waals surface area contributed by atoms with E-state index in [2.05, 4.69) is 15.0 Å². The smallest absolute Gasteiger partial charge is 0.178 e. The number of hydrogen-bond acceptors (Lipinski definition) is 4. The van der Waals surface area contributed by atoms with Crippen molar-refractivity contribution in [3.63, 3.8) is 0 Å². The molecule has 1 N–H and O–H groups in total. The topological polar surface area (TPSA) is 58.9 Å². The third kappa shape index (κ3) is 2.47. The third-order valence-corrected chi connectivity index (χ3v) is 2.60. The molecule has 2 aromatic heterocycles. The summed E-state index contributed by atoms with van der Waals surface area (Å²) in [4.78, 5) is 12.9. The quantitative estimate of drug-likeness (QED) is 0.873. The van der Waals surface area contributed by atoms with E-state index in [-0.39, 0.29) is 6.61 Å². The highest BCUT2D eigenvalue weighted by Gasteiger charge is 2.07. The van der Waals surface area contributed by atoms with E-state index in [1.807, 2.05) is 26.0 Å². The summed E-state index contributed by atoms with van der Waals surface area (Å²) in [5, 5.41) is 9.16. The molecule has 0 bridgehead atoms. The maximum Gasteiger partial charge on any atom is 0.178 e. The minimum atomic E-state index is -0.0231. The van der Waals surface area contributed by atoms with Crippen molar-refractivity contribution >= 4 is 0 Å². The van der Waals surface area contributed by atoms with Gasteiger partial charge in [0.1, 0.15) is 5.69 Å². The van der Waals surface area contributed by atoms with Crippen LogP contribution in [0.4, 0.5) is 0 Å². The van der Waals surface area contributed by atoms with E-state index in [4.69, 9.17) is 5.11 Å². The molecule has 17 heavy (non-hydrogen) atoms. The SMILES string of the molecule is CCc1nc(-c2cc(C)ccn2)ncc1CO. The van der Waals surface area contributed by atoms with Crippen molar-refractivity contribution in [2.75, 3.05) is 0 Å². The average Bonchev–Trinajstić information content (AvgIpc) is 2.38. The third-order valence-electron chi connectivity index (χ3n) is 2.60. The van der Waals surface area contributed by atoms with Crippen molar-refractivity contribution in [1.82, 2.24) is 15.0 Å². The lowest BCUT2D eigenvalue weighted by Gasteiger charge is -2.06. The number of nitrogens with zero attached hydrogens (tertiary/aromatic N) is 3. The molecule has 4 nitrogen and oxygen atoms in total. The highest BCUT2D eigenvalue weighted by atomic mass is 16.3. The first kappa shape index (κ1) is 11.7. The molecule has 88 valence electrons. The molecule has 0 aliphatic heterocycles. The summed E-state index contributed by atoms with van der Waals surface area (Å²) >= 11 is 0. The van der Waals surface area contributed by atoms with Gasteiger partial charge in [-0.2, -0.15) is 0 Å². The normalized spacial score (nSPS) is 10.5. The van der Waals surface area contributed by atoms with E-state index >= 15 is 0 Å². The monoisotopic (exact) mass is 229 g/mol. The first-order chi connectivity index (χ1) is 8.24. The van der Waals surface area contributed by atoms with Crippen LogP contribution in [-0.2, 0) is 13.0 Å². The Hall–Kier alpha value is -1.81. The molecular formula is C13H15N3O. The molecule has 2 aromatic rings. The molecule has 4 heteroatoms. The fraction of sp³-hybridized carbons (Fsp3) is 0.308. The van der Waals surface area contributed by atoms with Crippen molar-refractivity contribution in [2.45, 2.75) is 26.9 Å². The van der Waals surface area contributed by atoms with Gasteiger partial charge >= 0.3 is 0 Å². The summed E-state index contributed by atoms with van der Waals surface area (Å²) < 4.78 is 0. The molecule has 0 saturated heterocycles. The van der Waals surface area contributed by atoms with Gasteiger partial charge in [0.05, 0.1) is 6.61 Å². The zero-order valence-corrected chi connectivity index (χ0v) is 10.0. The van der Waals surface area contributed by atoms with Crippen LogP contribution < -0.4 is 0 Å². The van der Waals surface area contributed by atoms with Crippen molar-refractivity contribution in [3.05, 3.63) is 41.3 Å². The number of aliphatic hydroxyl groups excluding tert-OH is 1. The number of aromatic nitrogens is 3. The lowest BCUT2D eigenvalue weighted by Crippen LogP contribution is -2.01. The molecule has 0 unspecified atom stereocenters. The van der Waals surface area contributed by atoms with Crippen molar-refractivity contribution in [2.24, 2.45) is 0 Å². The second kappa shape index (κ2) is 5.01. The molecular weight excluding hydrogens is 214 g/mol. The maximum absolute atomic E-state index is 9.16. The number of rotatable bonds is 3.